The van der Waals surface area contributed by atoms with Crippen molar-refractivity contribution < 1.29 is 4.79 Å². The number of carbonyl (C=O) groups is 1. The van der Waals surface area contributed by atoms with Gasteiger partial charge >= 0.3 is 6.03 Å². The lowest BCUT2D eigenvalue weighted by Crippen LogP contribution is -2.36. The van der Waals surface area contributed by atoms with Gasteiger partial charge in [0.2, 0.25) is 0 Å². The van der Waals surface area contributed by atoms with Crippen molar-refractivity contribution in [2.24, 2.45) is 0 Å². The first-order chi connectivity index (χ1) is 12.6. The van der Waals surface area contributed by atoms with Crippen molar-refractivity contribution in [2.45, 2.75) is 26.8 Å². The van der Waals surface area contributed by atoms with Crippen molar-refractivity contribution in [1.82, 2.24) is 30.8 Å². The Morgan fingerprint density at radius 1 is 1.04 bits per heavy atom. The van der Waals surface area contributed by atoms with Gasteiger partial charge in [0.05, 0.1) is 12.2 Å². The molecule has 0 atom stereocenters. The zero-order valence-corrected chi connectivity index (χ0v) is 14.9. The summed E-state index contributed by atoms with van der Waals surface area (Å²) in [5.74, 6) is 0.575. The van der Waals surface area contributed by atoms with Gasteiger partial charge in [0.1, 0.15) is 0 Å². The Morgan fingerprint density at radius 2 is 1.85 bits per heavy atom. The summed E-state index contributed by atoms with van der Waals surface area (Å²) in [5, 5.41) is 17.4. The molecule has 7 heteroatoms. The summed E-state index contributed by atoms with van der Waals surface area (Å²) in [4.78, 5) is 12.0. The highest BCUT2D eigenvalue weighted by Gasteiger charge is 2.10. The summed E-state index contributed by atoms with van der Waals surface area (Å²) in [6, 6.07) is 15.8. The molecule has 1 heterocycles. The van der Waals surface area contributed by atoms with Crippen molar-refractivity contribution >= 4 is 6.03 Å². The van der Waals surface area contributed by atoms with Crippen LogP contribution in [-0.2, 0) is 13.0 Å². The molecular formula is C19H22N6O. The maximum atomic E-state index is 12.0. The number of amides is 2. The fourth-order valence-corrected chi connectivity index (χ4v) is 2.56. The van der Waals surface area contributed by atoms with Gasteiger partial charge in [-0.05, 0) is 59.5 Å². The quantitative estimate of drug-likeness (QED) is 0.714. The predicted molar refractivity (Wildman–Crippen MR) is 99.0 cm³/mol. The third-order valence-electron chi connectivity index (χ3n) is 4.22. The number of urea groups is 1. The molecule has 0 unspecified atom stereocenters. The Hall–Kier alpha value is -3.22. The van der Waals surface area contributed by atoms with Crippen LogP contribution in [0.5, 0.6) is 0 Å². The topological polar surface area (TPSA) is 84.7 Å². The fraction of sp³-hybridized carbons (Fsp3) is 0.263. The van der Waals surface area contributed by atoms with Gasteiger partial charge < -0.3 is 10.6 Å². The van der Waals surface area contributed by atoms with Crippen LogP contribution >= 0.6 is 0 Å². The molecular weight excluding hydrogens is 328 g/mol. The number of aromatic nitrogens is 4. The normalized spacial score (nSPS) is 10.5. The number of aryl methyl sites for hydroxylation is 2. The molecule has 0 saturated carbocycles. The van der Waals surface area contributed by atoms with Crippen molar-refractivity contribution in [3.05, 3.63) is 71.0 Å². The lowest BCUT2D eigenvalue weighted by molar-refractivity contribution is 0.240. The fourth-order valence-electron chi connectivity index (χ4n) is 2.56. The maximum Gasteiger partial charge on any atom is 0.315 e. The molecule has 0 aliphatic carbocycles. The first-order valence-corrected chi connectivity index (χ1v) is 8.54. The average molecular weight is 350 g/mol. The van der Waals surface area contributed by atoms with Crippen molar-refractivity contribution in [3.63, 3.8) is 0 Å². The summed E-state index contributed by atoms with van der Waals surface area (Å²) in [6.07, 6.45) is 0.786. The van der Waals surface area contributed by atoms with E-state index in [0.29, 0.717) is 12.4 Å². The molecule has 0 spiro atoms. The van der Waals surface area contributed by atoms with Gasteiger partial charge in [-0.1, -0.05) is 36.4 Å². The van der Waals surface area contributed by atoms with E-state index in [2.05, 4.69) is 33.1 Å². The van der Waals surface area contributed by atoms with E-state index in [4.69, 9.17) is 0 Å². The lowest BCUT2D eigenvalue weighted by Gasteiger charge is -2.09. The molecule has 3 rings (SSSR count). The van der Waals surface area contributed by atoms with Crippen LogP contribution in [0.25, 0.3) is 5.69 Å². The Morgan fingerprint density at radius 3 is 2.62 bits per heavy atom. The number of benzene rings is 2. The molecule has 0 radical (unpaired) electrons. The first-order valence-electron chi connectivity index (χ1n) is 8.54. The molecule has 2 amide bonds. The van der Waals surface area contributed by atoms with Crippen LogP contribution in [0.4, 0.5) is 4.79 Å². The van der Waals surface area contributed by atoms with Crippen LogP contribution in [0.3, 0.4) is 0 Å². The van der Waals surface area contributed by atoms with E-state index in [1.54, 1.807) is 4.68 Å². The van der Waals surface area contributed by atoms with Crippen LogP contribution < -0.4 is 10.6 Å². The highest BCUT2D eigenvalue weighted by molar-refractivity contribution is 5.73. The molecule has 2 aromatic carbocycles. The van der Waals surface area contributed by atoms with Gasteiger partial charge in [-0.3, -0.25) is 0 Å². The lowest BCUT2D eigenvalue weighted by atomic mass is 10.1. The van der Waals surface area contributed by atoms with Gasteiger partial charge in [0, 0.05) is 6.54 Å². The Kier molecular flexibility index (Phi) is 5.58. The Balaban J connectivity index is 1.53. The number of carbonyl (C=O) groups excluding carboxylic acids is 1. The second-order valence-electron chi connectivity index (χ2n) is 6.12. The van der Waals surface area contributed by atoms with E-state index in [9.17, 15) is 4.79 Å². The van der Waals surface area contributed by atoms with Crippen molar-refractivity contribution in [2.75, 3.05) is 6.54 Å². The zero-order chi connectivity index (χ0) is 18.4. The number of rotatable bonds is 6. The van der Waals surface area contributed by atoms with Gasteiger partial charge in [0.25, 0.3) is 0 Å². The van der Waals surface area contributed by atoms with E-state index in [0.717, 1.165) is 17.7 Å². The molecule has 0 fully saturated rings. The maximum absolute atomic E-state index is 12.0. The minimum absolute atomic E-state index is 0.240. The van der Waals surface area contributed by atoms with Crippen LogP contribution in [0, 0.1) is 13.8 Å². The van der Waals surface area contributed by atoms with Crippen molar-refractivity contribution in [1.29, 1.82) is 0 Å². The molecule has 1 aromatic heterocycles. The summed E-state index contributed by atoms with van der Waals surface area (Å²) in [6.45, 7) is 4.91. The molecule has 3 aromatic rings. The number of nitrogens with one attached hydrogen (secondary N) is 2. The first kappa shape index (κ1) is 17.6. The minimum atomic E-state index is -0.240. The van der Waals surface area contributed by atoms with Gasteiger partial charge in [0.15, 0.2) is 5.82 Å². The van der Waals surface area contributed by atoms with Gasteiger partial charge in [-0.25, -0.2) is 4.79 Å². The smallest absolute Gasteiger partial charge is 0.315 e. The van der Waals surface area contributed by atoms with Crippen LogP contribution in [-0.4, -0.2) is 32.8 Å². The third kappa shape index (κ3) is 4.44. The summed E-state index contributed by atoms with van der Waals surface area (Å²) < 4.78 is 1.64. The van der Waals surface area contributed by atoms with E-state index in [1.807, 2.05) is 55.5 Å². The molecule has 7 nitrogen and oxygen atoms in total. The van der Waals surface area contributed by atoms with E-state index in [-0.39, 0.29) is 12.6 Å². The molecule has 134 valence electrons. The molecule has 2 N–H and O–H groups in total. The van der Waals surface area contributed by atoms with E-state index >= 15 is 0 Å². The van der Waals surface area contributed by atoms with Crippen LogP contribution in [0.15, 0.2) is 48.5 Å². The third-order valence-corrected chi connectivity index (χ3v) is 4.22. The van der Waals surface area contributed by atoms with Crippen LogP contribution in [0.2, 0.25) is 0 Å². The predicted octanol–water partition coefficient (Wildman–Crippen LogP) is 2.32. The summed E-state index contributed by atoms with van der Waals surface area (Å²) in [5.41, 5.74) is 4.43. The second kappa shape index (κ2) is 8.24. The number of tetrazole rings is 1. The standard InChI is InChI=1S/C19H22N6O/c1-14-8-9-17(12-15(14)2)25-18(22-23-24-25)13-21-19(26)20-11-10-16-6-4-3-5-7-16/h3-9,12H,10-11,13H2,1-2H3,(H2,20,21,26). The monoisotopic (exact) mass is 350 g/mol. The number of hydrogen-bond acceptors (Lipinski definition) is 4. The Bertz CT molecular complexity index is 875. The van der Waals surface area contributed by atoms with E-state index < -0.39 is 0 Å². The van der Waals surface area contributed by atoms with Crippen molar-refractivity contribution in [3.8, 4) is 5.69 Å². The molecule has 0 bridgehead atoms. The molecule has 0 saturated heterocycles. The highest BCUT2D eigenvalue weighted by atomic mass is 16.2. The van der Waals surface area contributed by atoms with E-state index in [1.165, 1.54) is 11.1 Å². The molecule has 0 aliphatic heterocycles. The zero-order valence-electron chi connectivity index (χ0n) is 14.9. The highest BCUT2D eigenvalue weighted by Crippen LogP contribution is 2.13. The van der Waals surface area contributed by atoms with Gasteiger partial charge in [-0.15, -0.1) is 5.10 Å². The van der Waals surface area contributed by atoms with Gasteiger partial charge in [-0.2, -0.15) is 4.68 Å². The number of hydrogen-bond donors (Lipinski definition) is 2. The SMILES string of the molecule is Cc1ccc(-n2nnnc2CNC(=O)NCCc2ccccc2)cc1C. The largest absolute Gasteiger partial charge is 0.338 e. The molecule has 26 heavy (non-hydrogen) atoms. The van der Waals surface area contributed by atoms with Crippen LogP contribution in [0.1, 0.15) is 22.5 Å². The minimum Gasteiger partial charge on any atom is -0.338 e. The number of nitrogens with zero attached hydrogens (tertiary/aromatic N) is 4. The summed E-state index contributed by atoms with van der Waals surface area (Å²) >= 11 is 0. The molecule has 0 aliphatic rings. The average Bonchev–Trinajstić information content (AvgIpc) is 3.12. The second-order valence-corrected chi connectivity index (χ2v) is 6.12. The Labute approximate surface area is 152 Å². The summed E-state index contributed by atoms with van der Waals surface area (Å²) in [7, 11) is 0.